The first kappa shape index (κ1) is 14.0. The number of anilines is 1. The van der Waals surface area contributed by atoms with Crippen LogP contribution in [-0.4, -0.2) is 41.3 Å². The number of piperazine rings is 1. The molecule has 0 radical (unpaired) electrons. The lowest BCUT2D eigenvalue weighted by Gasteiger charge is -2.38. The van der Waals surface area contributed by atoms with Crippen LogP contribution in [0.15, 0.2) is 28.7 Å². The van der Waals surface area contributed by atoms with Crippen molar-refractivity contribution in [2.45, 2.75) is 19.9 Å². The summed E-state index contributed by atoms with van der Waals surface area (Å²) in [5.41, 5.74) is 0.679. The summed E-state index contributed by atoms with van der Waals surface area (Å²) in [5, 5.41) is 7.95. The topological polar surface area (TPSA) is 45.4 Å². The molecule has 1 saturated heterocycles. The van der Waals surface area contributed by atoms with Gasteiger partial charge in [0.25, 0.3) is 0 Å². The van der Waals surface area contributed by atoms with Crippen LogP contribution < -0.4 is 4.90 Å². The molecule has 2 heterocycles. The molecular formula is C15H19FN4O. The second-order valence-corrected chi connectivity index (χ2v) is 5.31. The van der Waals surface area contributed by atoms with Crippen molar-refractivity contribution in [3.05, 3.63) is 41.9 Å². The van der Waals surface area contributed by atoms with Gasteiger partial charge in [-0.25, -0.2) is 4.39 Å². The minimum Gasteiger partial charge on any atom is -0.424 e. The van der Waals surface area contributed by atoms with Gasteiger partial charge in [-0.15, -0.1) is 10.2 Å². The van der Waals surface area contributed by atoms with Crippen LogP contribution in [0.1, 0.15) is 24.7 Å². The zero-order chi connectivity index (χ0) is 14.8. The molecule has 0 aliphatic carbocycles. The Hall–Kier alpha value is -1.95. The molecule has 2 aromatic rings. The van der Waals surface area contributed by atoms with Crippen LogP contribution in [0.3, 0.4) is 0 Å². The Labute approximate surface area is 123 Å². The molecule has 0 unspecified atom stereocenters. The van der Waals surface area contributed by atoms with Gasteiger partial charge < -0.3 is 9.32 Å². The molecule has 0 bridgehead atoms. The minimum atomic E-state index is -0.161. The van der Waals surface area contributed by atoms with Gasteiger partial charge in [-0.3, -0.25) is 4.90 Å². The van der Waals surface area contributed by atoms with E-state index < -0.39 is 0 Å². The van der Waals surface area contributed by atoms with E-state index in [1.807, 2.05) is 12.1 Å². The summed E-state index contributed by atoms with van der Waals surface area (Å²) in [6.07, 6.45) is 0. The predicted octanol–water partition coefficient (Wildman–Crippen LogP) is 2.40. The molecule has 6 heteroatoms. The molecule has 1 fully saturated rings. The lowest BCUT2D eigenvalue weighted by molar-refractivity contribution is 0.171. The Balaban J connectivity index is 1.64. The summed E-state index contributed by atoms with van der Waals surface area (Å²) >= 11 is 0. The Kier molecular flexibility index (Phi) is 3.88. The van der Waals surface area contributed by atoms with Gasteiger partial charge in [0, 0.05) is 33.1 Å². The molecule has 5 nitrogen and oxygen atoms in total. The molecule has 0 amide bonds. The molecule has 21 heavy (non-hydrogen) atoms. The molecule has 112 valence electrons. The van der Waals surface area contributed by atoms with E-state index in [4.69, 9.17) is 4.42 Å². The highest BCUT2D eigenvalue weighted by Crippen LogP contribution is 2.24. The van der Waals surface area contributed by atoms with Crippen molar-refractivity contribution < 1.29 is 8.81 Å². The fourth-order valence-corrected chi connectivity index (χ4v) is 2.70. The molecular weight excluding hydrogens is 271 g/mol. The van der Waals surface area contributed by atoms with Gasteiger partial charge in [-0.1, -0.05) is 12.1 Å². The van der Waals surface area contributed by atoms with Crippen molar-refractivity contribution in [2.24, 2.45) is 0 Å². The summed E-state index contributed by atoms with van der Waals surface area (Å²) in [7, 11) is 0. The van der Waals surface area contributed by atoms with Crippen LogP contribution in [0.2, 0.25) is 0 Å². The van der Waals surface area contributed by atoms with Gasteiger partial charge in [0.2, 0.25) is 11.8 Å². The van der Waals surface area contributed by atoms with Crippen LogP contribution in [0.4, 0.5) is 10.1 Å². The molecule has 0 spiro atoms. The summed E-state index contributed by atoms with van der Waals surface area (Å²) in [6, 6.07) is 7.01. The van der Waals surface area contributed by atoms with Gasteiger partial charge in [0.15, 0.2) is 0 Å². The van der Waals surface area contributed by atoms with E-state index in [2.05, 4.69) is 26.9 Å². The normalized spacial score (nSPS) is 18.0. The van der Waals surface area contributed by atoms with E-state index in [1.54, 1.807) is 13.0 Å². The Bertz CT molecular complexity index is 607. The van der Waals surface area contributed by atoms with Gasteiger partial charge in [0.05, 0.1) is 11.7 Å². The van der Waals surface area contributed by atoms with Crippen LogP contribution in [-0.2, 0) is 0 Å². The third-order valence-corrected chi connectivity index (χ3v) is 3.95. The lowest BCUT2D eigenvalue weighted by atomic mass is 10.2. The Morgan fingerprint density at radius 2 is 1.86 bits per heavy atom. The SMILES string of the molecule is Cc1nnc([C@@H](C)N2CCN(c3ccccc3F)CC2)o1. The second kappa shape index (κ2) is 5.81. The number of hydrogen-bond donors (Lipinski definition) is 0. The van der Waals surface area contributed by atoms with Crippen LogP contribution in [0.25, 0.3) is 0 Å². The van der Waals surface area contributed by atoms with Crippen molar-refractivity contribution in [2.75, 3.05) is 31.1 Å². The van der Waals surface area contributed by atoms with Crippen molar-refractivity contribution >= 4 is 5.69 Å². The maximum absolute atomic E-state index is 13.8. The van der Waals surface area contributed by atoms with E-state index in [0.717, 1.165) is 26.2 Å². The molecule has 1 atom stereocenters. The van der Waals surface area contributed by atoms with Gasteiger partial charge >= 0.3 is 0 Å². The number of nitrogens with zero attached hydrogens (tertiary/aromatic N) is 4. The van der Waals surface area contributed by atoms with Gasteiger partial charge in [0.1, 0.15) is 5.82 Å². The number of aryl methyl sites for hydroxylation is 1. The maximum atomic E-state index is 13.8. The first-order chi connectivity index (χ1) is 10.1. The number of halogens is 1. The van der Waals surface area contributed by atoms with Crippen LogP contribution in [0.5, 0.6) is 0 Å². The van der Waals surface area contributed by atoms with E-state index >= 15 is 0 Å². The highest BCUT2D eigenvalue weighted by Gasteiger charge is 2.26. The molecule has 1 aromatic heterocycles. The third kappa shape index (κ3) is 2.90. The number of aromatic nitrogens is 2. The molecule has 1 aliphatic rings. The molecule has 1 aromatic carbocycles. The first-order valence-corrected chi connectivity index (χ1v) is 7.18. The quantitative estimate of drug-likeness (QED) is 0.868. The van der Waals surface area contributed by atoms with Crippen molar-refractivity contribution in [3.63, 3.8) is 0 Å². The van der Waals surface area contributed by atoms with Crippen molar-refractivity contribution in [1.29, 1.82) is 0 Å². The number of para-hydroxylation sites is 1. The average molecular weight is 290 g/mol. The largest absolute Gasteiger partial charge is 0.424 e. The fraction of sp³-hybridized carbons (Fsp3) is 0.467. The van der Waals surface area contributed by atoms with E-state index in [1.165, 1.54) is 6.07 Å². The van der Waals surface area contributed by atoms with Crippen LogP contribution in [0, 0.1) is 12.7 Å². The molecule has 0 N–H and O–H groups in total. The summed E-state index contributed by atoms with van der Waals surface area (Å²) in [4.78, 5) is 4.36. The summed E-state index contributed by atoms with van der Waals surface area (Å²) in [5.74, 6) is 1.07. The van der Waals surface area contributed by atoms with Crippen molar-refractivity contribution in [1.82, 2.24) is 15.1 Å². The molecule has 0 saturated carbocycles. The predicted molar refractivity (Wildman–Crippen MR) is 77.6 cm³/mol. The first-order valence-electron chi connectivity index (χ1n) is 7.18. The Morgan fingerprint density at radius 3 is 2.48 bits per heavy atom. The van der Waals surface area contributed by atoms with Crippen LogP contribution >= 0.6 is 0 Å². The average Bonchev–Trinajstić information content (AvgIpc) is 2.94. The summed E-state index contributed by atoms with van der Waals surface area (Å²) in [6.45, 7) is 7.12. The second-order valence-electron chi connectivity index (χ2n) is 5.31. The van der Waals surface area contributed by atoms with Gasteiger partial charge in [-0.2, -0.15) is 0 Å². The molecule has 3 rings (SSSR count). The lowest BCUT2D eigenvalue weighted by Crippen LogP contribution is -2.47. The van der Waals surface area contributed by atoms with E-state index in [0.29, 0.717) is 17.5 Å². The number of rotatable bonds is 3. The Morgan fingerprint density at radius 1 is 1.14 bits per heavy atom. The zero-order valence-electron chi connectivity index (χ0n) is 12.3. The molecule has 1 aliphatic heterocycles. The highest BCUT2D eigenvalue weighted by atomic mass is 19.1. The monoisotopic (exact) mass is 290 g/mol. The maximum Gasteiger partial charge on any atom is 0.233 e. The van der Waals surface area contributed by atoms with Crippen molar-refractivity contribution in [3.8, 4) is 0 Å². The fourth-order valence-electron chi connectivity index (χ4n) is 2.70. The number of benzene rings is 1. The smallest absolute Gasteiger partial charge is 0.233 e. The standard InChI is InChI=1S/C15H19FN4O/c1-11(15-18-17-12(2)21-15)19-7-9-20(10-8-19)14-6-4-3-5-13(14)16/h3-6,11H,7-10H2,1-2H3/t11-/m1/s1. The number of hydrogen-bond acceptors (Lipinski definition) is 5. The van der Waals surface area contributed by atoms with Gasteiger partial charge in [-0.05, 0) is 19.1 Å². The van der Waals surface area contributed by atoms with E-state index in [-0.39, 0.29) is 11.9 Å². The van der Waals surface area contributed by atoms with E-state index in [9.17, 15) is 4.39 Å². The highest BCUT2D eigenvalue weighted by molar-refractivity contribution is 5.48. The summed E-state index contributed by atoms with van der Waals surface area (Å²) < 4.78 is 19.3. The third-order valence-electron chi connectivity index (χ3n) is 3.95. The minimum absolute atomic E-state index is 0.0916. The zero-order valence-corrected chi connectivity index (χ0v) is 12.3.